The topological polar surface area (TPSA) is 37.8 Å². The Morgan fingerprint density at radius 2 is 1.94 bits per heavy atom. The molecule has 2 aromatic rings. The third-order valence-electron chi connectivity index (χ3n) is 1.80. The molecule has 1 heterocycles. The molecule has 0 unspecified atom stereocenters. The summed E-state index contributed by atoms with van der Waals surface area (Å²) in [5.74, 6) is -0.0970. The largest absolute Gasteiger partial charge is 0.322 e. The molecule has 0 bridgehead atoms. The molecule has 1 aromatic carbocycles. The molecular weight excluding hydrogens is 296 g/mol. The van der Waals surface area contributed by atoms with Gasteiger partial charge < -0.3 is 5.32 Å². The Labute approximate surface area is 105 Å². The van der Waals surface area contributed by atoms with Crippen molar-refractivity contribution in [2.24, 2.45) is 0 Å². The minimum absolute atomic E-state index is 0.245. The number of hydrogen-bond donors (Lipinski definition) is 1. The predicted molar refractivity (Wildman–Crippen MR) is 64.4 cm³/mol. The summed E-state index contributed by atoms with van der Waals surface area (Å²) in [7, 11) is 0. The summed E-state index contributed by atoms with van der Waals surface area (Å²) in [4.78, 5) is 7.93. The summed E-state index contributed by atoms with van der Waals surface area (Å²) in [6.07, 6.45) is 3.13. The molecule has 6 heteroatoms. The van der Waals surface area contributed by atoms with Crippen LogP contribution in [0.5, 0.6) is 0 Å². The van der Waals surface area contributed by atoms with Crippen LogP contribution in [0.1, 0.15) is 0 Å². The second kappa shape index (κ2) is 4.76. The summed E-state index contributed by atoms with van der Waals surface area (Å²) in [5, 5.41) is 3.18. The SMILES string of the molecule is Fc1ccc(Cl)cc1Nc1ncc(Br)cn1. The molecule has 0 fully saturated rings. The predicted octanol–water partition coefficient (Wildman–Crippen LogP) is 3.78. The van der Waals surface area contributed by atoms with Crippen molar-refractivity contribution in [3.05, 3.63) is 45.9 Å². The van der Waals surface area contributed by atoms with E-state index in [9.17, 15) is 4.39 Å². The summed E-state index contributed by atoms with van der Waals surface area (Å²) in [5.41, 5.74) is 0.245. The van der Waals surface area contributed by atoms with Gasteiger partial charge in [0.05, 0.1) is 10.2 Å². The Morgan fingerprint density at radius 1 is 1.25 bits per heavy atom. The molecule has 0 aliphatic heterocycles. The monoisotopic (exact) mass is 301 g/mol. The highest BCUT2D eigenvalue weighted by molar-refractivity contribution is 9.10. The Balaban J connectivity index is 2.26. The van der Waals surface area contributed by atoms with Crippen molar-refractivity contribution in [3.8, 4) is 0 Å². The lowest BCUT2D eigenvalue weighted by Gasteiger charge is -2.05. The maximum Gasteiger partial charge on any atom is 0.227 e. The standard InChI is InChI=1S/C10H6BrClFN3/c11-6-4-14-10(15-5-6)16-9-3-7(12)1-2-8(9)13/h1-5H,(H,14,15,16). The average molecular weight is 303 g/mol. The summed E-state index contributed by atoms with van der Waals surface area (Å²) in [6, 6.07) is 4.23. The Bertz CT molecular complexity index is 504. The molecule has 1 aromatic heterocycles. The molecule has 16 heavy (non-hydrogen) atoms. The van der Waals surface area contributed by atoms with Gasteiger partial charge in [0.1, 0.15) is 5.82 Å². The van der Waals surface area contributed by atoms with Crippen LogP contribution < -0.4 is 5.32 Å². The van der Waals surface area contributed by atoms with E-state index in [-0.39, 0.29) is 5.69 Å². The van der Waals surface area contributed by atoms with E-state index in [0.29, 0.717) is 11.0 Å². The molecule has 3 nitrogen and oxygen atoms in total. The van der Waals surface area contributed by atoms with Crippen molar-refractivity contribution in [1.82, 2.24) is 9.97 Å². The molecule has 0 saturated carbocycles. The van der Waals surface area contributed by atoms with E-state index in [1.54, 1.807) is 12.4 Å². The molecule has 0 aliphatic rings. The van der Waals surface area contributed by atoms with Crippen LogP contribution in [0.25, 0.3) is 0 Å². The number of benzene rings is 1. The number of halogens is 3. The van der Waals surface area contributed by atoms with E-state index in [2.05, 4.69) is 31.2 Å². The van der Waals surface area contributed by atoms with E-state index in [4.69, 9.17) is 11.6 Å². The lowest BCUT2D eigenvalue weighted by Crippen LogP contribution is -1.98. The molecular formula is C10H6BrClFN3. The van der Waals surface area contributed by atoms with Gasteiger partial charge in [0.2, 0.25) is 5.95 Å². The van der Waals surface area contributed by atoms with Gasteiger partial charge in [-0.15, -0.1) is 0 Å². The van der Waals surface area contributed by atoms with Crippen LogP contribution in [0.4, 0.5) is 16.0 Å². The van der Waals surface area contributed by atoms with Crippen LogP contribution in [0.15, 0.2) is 35.1 Å². The van der Waals surface area contributed by atoms with E-state index in [1.807, 2.05) is 0 Å². The normalized spacial score (nSPS) is 10.2. The van der Waals surface area contributed by atoms with Gasteiger partial charge >= 0.3 is 0 Å². The number of hydrogen-bond acceptors (Lipinski definition) is 3. The van der Waals surface area contributed by atoms with Crippen molar-refractivity contribution < 1.29 is 4.39 Å². The third-order valence-corrected chi connectivity index (χ3v) is 2.44. The van der Waals surface area contributed by atoms with Gasteiger partial charge in [-0.05, 0) is 34.1 Å². The zero-order valence-electron chi connectivity index (χ0n) is 7.92. The maximum absolute atomic E-state index is 13.3. The molecule has 0 saturated heterocycles. The maximum atomic E-state index is 13.3. The van der Waals surface area contributed by atoms with Crippen LogP contribution in [0.3, 0.4) is 0 Å². The summed E-state index contributed by atoms with van der Waals surface area (Å²) >= 11 is 8.96. The van der Waals surface area contributed by atoms with E-state index < -0.39 is 5.82 Å². The van der Waals surface area contributed by atoms with Gasteiger partial charge in [0.25, 0.3) is 0 Å². The van der Waals surface area contributed by atoms with E-state index >= 15 is 0 Å². The second-order valence-electron chi connectivity index (χ2n) is 2.97. The van der Waals surface area contributed by atoms with E-state index in [1.165, 1.54) is 18.2 Å². The highest BCUT2D eigenvalue weighted by Crippen LogP contribution is 2.22. The number of nitrogens with zero attached hydrogens (tertiary/aromatic N) is 2. The number of nitrogens with one attached hydrogen (secondary N) is 1. The second-order valence-corrected chi connectivity index (χ2v) is 4.33. The molecule has 0 atom stereocenters. The lowest BCUT2D eigenvalue weighted by molar-refractivity contribution is 0.631. The van der Waals surface area contributed by atoms with Crippen LogP contribution in [-0.2, 0) is 0 Å². The van der Waals surface area contributed by atoms with Crippen LogP contribution in [0.2, 0.25) is 5.02 Å². The van der Waals surface area contributed by atoms with Gasteiger partial charge in [-0.3, -0.25) is 0 Å². The molecule has 82 valence electrons. The zero-order chi connectivity index (χ0) is 11.5. The van der Waals surface area contributed by atoms with Crippen molar-refractivity contribution in [2.45, 2.75) is 0 Å². The fourth-order valence-corrected chi connectivity index (χ4v) is 1.47. The lowest BCUT2D eigenvalue weighted by atomic mass is 10.3. The molecule has 0 spiro atoms. The van der Waals surface area contributed by atoms with Crippen LogP contribution in [-0.4, -0.2) is 9.97 Å². The van der Waals surface area contributed by atoms with E-state index in [0.717, 1.165) is 4.47 Å². The first-order chi connectivity index (χ1) is 7.65. The Kier molecular flexibility index (Phi) is 3.36. The molecule has 0 aliphatic carbocycles. The Hall–Kier alpha value is -1.20. The number of anilines is 2. The highest BCUT2D eigenvalue weighted by Gasteiger charge is 2.04. The highest BCUT2D eigenvalue weighted by atomic mass is 79.9. The first-order valence-electron chi connectivity index (χ1n) is 4.35. The fourth-order valence-electron chi connectivity index (χ4n) is 1.09. The van der Waals surface area contributed by atoms with Crippen molar-refractivity contribution in [3.63, 3.8) is 0 Å². The van der Waals surface area contributed by atoms with Crippen LogP contribution in [0, 0.1) is 5.82 Å². The van der Waals surface area contributed by atoms with Crippen molar-refractivity contribution in [2.75, 3.05) is 5.32 Å². The quantitative estimate of drug-likeness (QED) is 0.917. The van der Waals surface area contributed by atoms with Gasteiger partial charge in [0.15, 0.2) is 0 Å². The molecule has 2 rings (SSSR count). The summed E-state index contributed by atoms with van der Waals surface area (Å²) in [6.45, 7) is 0. The Morgan fingerprint density at radius 3 is 2.62 bits per heavy atom. The van der Waals surface area contributed by atoms with Gasteiger partial charge in [-0.2, -0.15) is 0 Å². The third kappa shape index (κ3) is 2.68. The van der Waals surface area contributed by atoms with Crippen molar-refractivity contribution >= 4 is 39.2 Å². The fraction of sp³-hybridized carbons (Fsp3) is 0. The number of rotatable bonds is 2. The first kappa shape index (κ1) is 11.3. The minimum atomic E-state index is -0.407. The molecule has 1 N–H and O–H groups in total. The summed E-state index contributed by atoms with van der Waals surface area (Å²) < 4.78 is 14.1. The smallest absolute Gasteiger partial charge is 0.227 e. The van der Waals surface area contributed by atoms with Gasteiger partial charge in [-0.1, -0.05) is 11.6 Å². The van der Waals surface area contributed by atoms with Crippen LogP contribution >= 0.6 is 27.5 Å². The molecule has 0 amide bonds. The first-order valence-corrected chi connectivity index (χ1v) is 5.52. The zero-order valence-corrected chi connectivity index (χ0v) is 10.3. The van der Waals surface area contributed by atoms with Crippen molar-refractivity contribution in [1.29, 1.82) is 0 Å². The molecule has 0 radical (unpaired) electrons. The minimum Gasteiger partial charge on any atom is -0.322 e. The number of aromatic nitrogens is 2. The van der Waals surface area contributed by atoms with Gasteiger partial charge in [0, 0.05) is 17.4 Å². The van der Waals surface area contributed by atoms with Gasteiger partial charge in [-0.25, -0.2) is 14.4 Å². The average Bonchev–Trinajstić information content (AvgIpc) is 2.27.